The number of carbonyl (C=O) groups excluding carboxylic acids is 6. The first-order valence-corrected chi connectivity index (χ1v) is 16.9. The summed E-state index contributed by atoms with van der Waals surface area (Å²) in [4.78, 5) is 80.9. The Balaban J connectivity index is 1.50. The van der Waals surface area contributed by atoms with Crippen LogP contribution in [0.25, 0.3) is 0 Å². The Bertz CT molecular complexity index is 1390. The summed E-state index contributed by atoms with van der Waals surface area (Å²) in [5.41, 5.74) is 3.60. The Morgan fingerprint density at radius 3 is 2.15 bits per heavy atom. The van der Waals surface area contributed by atoms with E-state index < -0.39 is 70.5 Å². The lowest BCUT2D eigenvalue weighted by atomic mass is 9.81. The summed E-state index contributed by atoms with van der Waals surface area (Å²) in [6.07, 6.45) is 5.66. The number of carbonyl (C=O) groups is 6. The number of piperidine rings is 1. The summed E-state index contributed by atoms with van der Waals surface area (Å²) in [6.45, 7) is 15.0. The normalized spacial score (nSPS) is 23.5. The Morgan fingerprint density at radius 1 is 1.00 bits per heavy atom. The molecule has 0 bridgehead atoms. The van der Waals surface area contributed by atoms with Gasteiger partial charge in [-0.2, -0.15) is 0 Å². The molecule has 0 spiro atoms. The van der Waals surface area contributed by atoms with E-state index in [2.05, 4.69) is 16.0 Å². The lowest BCUT2D eigenvalue weighted by molar-refractivity contribution is -0.150. The van der Waals surface area contributed by atoms with Gasteiger partial charge in [0.15, 0.2) is 0 Å². The summed E-state index contributed by atoms with van der Waals surface area (Å²) >= 11 is 0. The van der Waals surface area contributed by atoms with E-state index in [-0.39, 0.29) is 23.9 Å². The predicted molar refractivity (Wildman–Crippen MR) is 176 cm³/mol. The maximum Gasteiger partial charge on any atom is 0.329 e. The standard InChI is InChI=1S/C35H53N5O8/c1-33(2,3)26(38-32(46)39-27(34(4,5)6)31(45)48-18-20-13-10-16-47-20)30(44)40-17-21-23(35(21,7)8)24(40)29(43)37-22(25(41)28(36)42)15-14-19-11-9-12-19/h10,13,16,19,21-24,26-27H,9,11-12,14-15,17-18H2,1-8H3,(H2,36,42)(H,37,43)(H2,38,39,46)/t21-,22?,23-,24-,26+,27+/m0/s1. The molecule has 13 nitrogen and oxygen atoms in total. The summed E-state index contributed by atoms with van der Waals surface area (Å²) in [5, 5.41) is 8.25. The van der Waals surface area contributed by atoms with Crippen molar-refractivity contribution in [1.82, 2.24) is 20.9 Å². The lowest BCUT2D eigenvalue weighted by Gasteiger charge is -2.38. The molecule has 1 saturated heterocycles. The minimum absolute atomic E-state index is 0.0427. The number of furan rings is 1. The average Bonchev–Trinajstić information content (AvgIpc) is 3.38. The maximum absolute atomic E-state index is 14.3. The van der Waals surface area contributed by atoms with Gasteiger partial charge in [0.05, 0.1) is 12.3 Å². The quantitative estimate of drug-likeness (QED) is 0.182. The lowest BCUT2D eigenvalue weighted by Crippen LogP contribution is -2.62. The zero-order chi connectivity index (χ0) is 35.8. The van der Waals surface area contributed by atoms with Crippen molar-refractivity contribution in [2.45, 2.75) is 118 Å². The van der Waals surface area contributed by atoms with Crippen molar-refractivity contribution in [1.29, 1.82) is 0 Å². The molecule has 1 aliphatic heterocycles. The number of urea groups is 1. The number of likely N-dealkylation sites (tertiary alicyclic amines) is 1. The number of hydrogen-bond donors (Lipinski definition) is 4. The summed E-state index contributed by atoms with van der Waals surface area (Å²) in [6, 6.07) is -1.51. The van der Waals surface area contributed by atoms with Gasteiger partial charge < -0.3 is 35.7 Å². The summed E-state index contributed by atoms with van der Waals surface area (Å²) in [5.74, 6) is -2.83. The molecule has 4 rings (SSSR count). The fourth-order valence-corrected chi connectivity index (χ4v) is 7.06. The molecule has 1 aromatic rings. The van der Waals surface area contributed by atoms with E-state index in [0.29, 0.717) is 31.1 Å². The molecule has 1 unspecified atom stereocenters. The zero-order valence-electron chi connectivity index (χ0n) is 29.5. The Kier molecular flexibility index (Phi) is 10.7. The van der Waals surface area contributed by atoms with Gasteiger partial charge in [0.1, 0.15) is 30.5 Å². The van der Waals surface area contributed by atoms with Crippen molar-refractivity contribution in [2.24, 2.45) is 39.7 Å². The molecule has 2 saturated carbocycles. The van der Waals surface area contributed by atoms with Gasteiger partial charge >= 0.3 is 12.0 Å². The monoisotopic (exact) mass is 671 g/mol. The van der Waals surface area contributed by atoms with Gasteiger partial charge in [-0.1, -0.05) is 74.7 Å². The molecule has 2 aliphatic carbocycles. The highest BCUT2D eigenvalue weighted by molar-refractivity contribution is 6.37. The van der Waals surface area contributed by atoms with Crippen molar-refractivity contribution < 1.29 is 37.9 Å². The van der Waals surface area contributed by atoms with E-state index in [0.717, 1.165) is 19.3 Å². The largest absolute Gasteiger partial charge is 0.466 e. The van der Waals surface area contributed by atoms with Crippen molar-refractivity contribution in [3.8, 4) is 0 Å². The van der Waals surface area contributed by atoms with Crippen molar-refractivity contribution in [3.05, 3.63) is 24.2 Å². The van der Waals surface area contributed by atoms with E-state index in [9.17, 15) is 28.8 Å². The van der Waals surface area contributed by atoms with Crippen LogP contribution in [0.1, 0.15) is 93.3 Å². The molecule has 48 heavy (non-hydrogen) atoms. The molecule has 6 atom stereocenters. The van der Waals surface area contributed by atoms with Crippen molar-refractivity contribution >= 4 is 35.5 Å². The number of primary amides is 1. The van der Waals surface area contributed by atoms with Gasteiger partial charge in [-0.15, -0.1) is 0 Å². The number of ketones is 1. The van der Waals surface area contributed by atoms with Crippen LogP contribution in [0.5, 0.6) is 0 Å². The number of nitrogens with zero attached hydrogens (tertiary/aromatic N) is 1. The molecule has 266 valence electrons. The average molecular weight is 672 g/mol. The Morgan fingerprint density at radius 2 is 1.62 bits per heavy atom. The fourth-order valence-electron chi connectivity index (χ4n) is 7.06. The van der Waals surface area contributed by atoms with Crippen LogP contribution in [0.4, 0.5) is 4.79 Å². The van der Waals surface area contributed by atoms with Crippen molar-refractivity contribution in [2.75, 3.05) is 6.54 Å². The number of nitrogens with one attached hydrogen (secondary N) is 3. The van der Waals surface area contributed by atoms with Gasteiger partial charge in [0.2, 0.25) is 17.6 Å². The number of amides is 5. The number of ether oxygens (including phenoxy) is 1. The first-order valence-electron chi connectivity index (χ1n) is 16.9. The highest BCUT2D eigenvalue weighted by atomic mass is 16.5. The molecule has 2 heterocycles. The Hall–Kier alpha value is -3.90. The van der Waals surface area contributed by atoms with E-state index in [1.807, 2.05) is 13.8 Å². The summed E-state index contributed by atoms with van der Waals surface area (Å²) < 4.78 is 10.6. The van der Waals surface area contributed by atoms with Crippen molar-refractivity contribution in [3.63, 3.8) is 0 Å². The van der Waals surface area contributed by atoms with E-state index in [4.69, 9.17) is 14.9 Å². The van der Waals surface area contributed by atoms with Crippen LogP contribution in [0.3, 0.4) is 0 Å². The molecule has 0 radical (unpaired) electrons. The molecule has 0 aromatic carbocycles. The molecular weight excluding hydrogens is 618 g/mol. The van der Waals surface area contributed by atoms with Gasteiger partial charge in [-0.3, -0.25) is 19.2 Å². The molecular formula is C35H53N5O8. The number of nitrogens with two attached hydrogens (primary N) is 1. The van der Waals surface area contributed by atoms with Crippen LogP contribution in [0.2, 0.25) is 0 Å². The smallest absolute Gasteiger partial charge is 0.329 e. The third kappa shape index (κ3) is 8.20. The number of fused-ring (bicyclic) bond motifs is 1. The molecule has 3 aliphatic rings. The van der Waals surface area contributed by atoms with Gasteiger partial charge in [-0.05, 0) is 59.0 Å². The second kappa shape index (κ2) is 13.9. The van der Waals surface area contributed by atoms with Gasteiger partial charge in [-0.25, -0.2) is 9.59 Å². The number of esters is 1. The number of Topliss-reactive ketones (excluding diaryl/α,β-unsaturated/α-hetero) is 1. The van der Waals surface area contributed by atoms with Gasteiger partial charge in [0, 0.05) is 6.54 Å². The van der Waals surface area contributed by atoms with Crippen LogP contribution in [-0.2, 0) is 35.3 Å². The molecule has 1 aromatic heterocycles. The minimum atomic E-state index is -1.11. The predicted octanol–water partition coefficient (Wildman–Crippen LogP) is 3.05. The van der Waals surface area contributed by atoms with E-state index in [1.54, 1.807) is 53.7 Å². The van der Waals surface area contributed by atoms with Gasteiger partial charge in [0.25, 0.3) is 5.91 Å². The SMILES string of the molecule is CC(C)(C)[C@H](NC(=O)N[C@H](C(=O)N1C[C@H]2[C@@H]([C@H]1C(=O)NC(CCC1CCC1)C(=O)C(N)=O)C2(C)C)C(C)(C)C)C(=O)OCc1ccco1. The van der Waals surface area contributed by atoms with E-state index >= 15 is 0 Å². The highest BCUT2D eigenvalue weighted by Crippen LogP contribution is 2.65. The van der Waals surface area contributed by atoms with Crippen LogP contribution in [0, 0.1) is 34.0 Å². The minimum Gasteiger partial charge on any atom is -0.466 e. The molecule has 3 fully saturated rings. The second-order valence-corrected chi connectivity index (χ2v) is 16.5. The molecule has 5 N–H and O–H groups in total. The highest BCUT2D eigenvalue weighted by Gasteiger charge is 2.70. The van der Waals surface area contributed by atoms with E-state index in [1.165, 1.54) is 11.2 Å². The van der Waals surface area contributed by atoms with Crippen LogP contribution in [0.15, 0.2) is 22.8 Å². The number of hydrogen-bond acceptors (Lipinski definition) is 8. The molecule has 5 amide bonds. The first kappa shape index (κ1) is 36.9. The zero-order valence-corrected chi connectivity index (χ0v) is 29.5. The maximum atomic E-state index is 14.3. The fraction of sp³-hybridized carbons (Fsp3) is 0.714. The second-order valence-electron chi connectivity index (χ2n) is 16.5. The van der Waals surface area contributed by atoms with Crippen LogP contribution < -0.4 is 21.7 Å². The Labute approximate surface area is 282 Å². The topological polar surface area (TPSA) is 190 Å². The first-order chi connectivity index (χ1) is 22.2. The molecule has 13 heteroatoms. The number of rotatable bonds is 13. The van der Waals surface area contributed by atoms with Crippen LogP contribution >= 0.6 is 0 Å². The third-order valence-electron chi connectivity index (χ3n) is 10.4. The third-order valence-corrected chi connectivity index (χ3v) is 10.4. The summed E-state index contributed by atoms with van der Waals surface area (Å²) in [7, 11) is 0. The van der Waals surface area contributed by atoms with Crippen LogP contribution in [-0.4, -0.2) is 71.1 Å².